The van der Waals surface area contributed by atoms with Crippen LogP contribution in [0.3, 0.4) is 0 Å². The fourth-order valence-corrected chi connectivity index (χ4v) is 4.23. The van der Waals surface area contributed by atoms with Crippen LogP contribution >= 0.6 is 15.9 Å². The number of likely N-dealkylation sites (N-methyl/N-ethyl adjacent to an activating group) is 1. The molecule has 0 saturated carbocycles. The molecule has 2 N–H and O–H groups in total. The van der Waals surface area contributed by atoms with Crippen molar-refractivity contribution in [2.75, 3.05) is 44.2 Å². The quantitative estimate of drug-likeness (QED) is 0.786. The van der Waals surface area contributed by atoms with Crippen molar-refractivity contribution in [3.05, 3.63) is 28.7 Å². The number of carbonyl (C=O) groups is 1. The number of halogens is 1. The van der Waals surface area contributed by atoms with E-state index in [-0.39, 0.29) is 12.1 Å². The molecule has 2 fully saturated rings. The second-order valence-corrected chi connectivity index (χ2v) is 8.08. The molecule has 2 saturated heterocycles. The number of carbonyl (C=O) groups excluding carboxylic acids is 1. The lowest BCUT2D eigenvalue weighted by Gasteiger charge is -2.32. The Balaban J connectivity index is 1.39. The Labute approximate surface area is 159 Å². The molecule has 2 heterocycles. The first-order chi connectivity index (χ1) is 12.1. The van der Waals surface area contributed by atoms with E-state index in [1.54, 1.807) is 0 Å². The van der Waals surface area contributed by atoms with Gasteiger partial charge in [-0.3, -0.25) is 0 Å². The number of anilines is 1. The minimum absolute atomic E-state index is 0.0103. The third-order valence-corrected chi connectivity index (χ3v) is 5.79. The summed E-state index contributed by atoms with van der Waals surface area (Å²) in [6.45, 7) is 8.18. The van der Waals surface area contributed by atoms with Gasteiger partial charge in [0.25, 0.3) is 0 Å². The van der Waals surface area contributed by atoms with Crippen LogP contribution in [0.2, 0.25) is 0 Å². The normalized spacial score (nSPS) is 24.3. The highest BCUT2D eigenvalue weighted by Crippen LogP contribution is 2.25. The van der Waals surface area contributed by atoms with E-state index in [4.69, 9.17) is 0 Å². The molecule has 0 bridgehead atoms. The van der Waals surface area contributed by atoms with Crippen LogP contribution in [0.1, 0.15) is 26.2 Å². The number of nitrogens with one attached hydrogen (secondary N) is 2. The molecular formula is C19H29BrN4O. The third kappa shape index (κ3) is 5.35. The summed E-state index contributed by atoms with van der Waals surface area (Å²) in [6, 6.07) is 8.70. The number of nitrogens with zero attached hydrogens (tertiary/aromatic N) is 2. The van der Waals surface area contributed by atoms with Gasteiger partial charge in [-0.05, 0) is 56.5 Å². The molecule has 2 aliphatic heterocycles. The van der Waals surface area contributed by atoms with Crippen LogP contribution in [0, 0.1) is 5.92 Å². The molecule has 2 aliphatic rings. The largest absolute Gasteiger partial charge is 0.371 e. The Morgan fingerprint density at radius 3 is 2.96 bits per heavy atom. The van der Waals surface area contributed by atoms with Crippen LogP contribution in [-0.4, -0.2) is 56.2 Å². The maximum Gasteiger partial charge on any atom is 0.315 e. The molecule has 2 atom stereocenters. The minimum Gasteiger partial charge on any atom is -0.371 e. The lowest BCUT2D eigenvalue weighted by molar-refractivity contribution is 0.192. The summed E-state index contributed by atoms with van der Waals surface area (Å²) in [5.41, 5.74) is 1.25. The van der Waals surface area contributed by atoms with Gasteiger partial charge in [0.2, 0.25) is 0 Å². The van der Waals surface area contributed by atoms with Crippen molar-refractivity contribution < 1.29 is 4.79 Å². The molecule has 5 nitrogen and oxygen atoms in total. The van der Waals surface area contributed by atoms with E-state index in [1.807, 2.05) is 6.07 Å². The number of amides is 2. The zero-order chi connectivity index (χ0) is 17.6. The number of benzene rings is 1. The zero-order valence-electron chi connectivity index (χ0n) is 15.0. The van der Waals surface area contributed by atoms with Gasteiger partial charge in [0.05, 0.1) is 0 Å². The lowest BCUT2D eigenvalue weighted by atomic mass is 10.1. The summed E-state index contributed by atoms with van der Waals surface area (Å²) >= 11 is 3.54. The van der Waals surface area contributed by atoms with Gasteiger partial charge >= 0.3 is 6.03 Å². The Bertz CT molecular complexity index is 582. The average molecular weight is 409 g/mol. The molecule has 0 radical (unpaired) electrons. The number of piperidine rings is 1. The predicted octanol–water partition coefficient (Wildman–Crippen LogP) is 3.06. The number of rotatable bonds is 5. The summed E-state index contributed by atoms with van der Waals surface area (Å²) in [5.74, 6) is 0.517. The molecule has 0 unspecified atom stereocenters. The molecule has 1 aromatic carbocycles. The summed E-state index contributed by atoms with van der Waals surface area (Å²) < 4.78 is 1.11. The lowest BCUT2D eigenvalue weighted by Crippen LogP contribution is -2.51. The highest BCUT2D eigenvalue weighted by Gasteiger charge is 2.24. The van der Waals surface area contributed by atoms with Gasteiger partial charge in [-0.25, -0.2) is 4.79 Å². The summed E-state index contributed by atoms with van der Waals surface area (Å²) in [7, 11) is 0. The number of hydrogen-bond acceptors (Lipinski definition) is 3. The van der Waals surface area contributed by atoms with E-state index in [0.29, 0.717) is 5.92 Å². The molecule has 25 heavy (non-hydrogen) atoms. The Morgan fingerprint density at radius 1 is 1.28 bits per heavy atom. The second kappa shape index (κ2) is 8.90. The van der Waals surface area contributed by atoms with Crippen LogP contribution in [0.4, 0.5) is 10.5 Å². The zero-order valence-corrected chi connectivity index (χ0v) is 16.6. The van der Waals surface area contributed by atoms with Crippen LogP contribution in [0.25, 0.3) is 0 Å². The van der Waals surface area contributed by atoms with Crippen molar-refractivity contribution in [3.63, 3.8) is 0 Å². The van der Waals surface area contributed by atoms with E-state index in [2.05, 4.69) is 61.5 Å². The van der Waals surface area contributed by atoms with Crippen LogP contribution in [-0.2, 0) is 0 Å². The summed E-state index contributed by atoms with van der Waals surface area (Å²) in [6.07, 6.45) is 3.38. The molecule has 138 valence electrons. The van der Waals surface area contributed by atoms with Gasteiger partial charge in [-0.15, -0.1) is 0 Å². The first-order valence-electron chi connectivity index (χ1n) is 9.41. The SMILES string of the molecule is CCN1CCC[C@@H](NC(=O)NC[C@H]2CCN(c3cccc(Br)c3)C2)C1. The van der Waals surface area contributed by atoms with E-state index >= 15 is 0 Å². The van der Waals surface area contributed by atoms with Crippen molar-refractivity contribution in [2.45, 2.75) is 32.2 Å². The van der Waals surface area contributed by atoms with Crippen LogP contribution < -0.4 is 15.5 Å². The summed E-state index contributed by atoms with van der Waals surface area (Å²) in [5, 5.41) is 6.23. The molecule has 2 amide bonds. The van der Waals surface area contributed by atoms with Crippen molar-refractivity contribution in [1.82, 2.24) is 15.5 Å². The highest BCUT2D eigenvalue weighted by molar-refractivity contribution is 9.10. The van der Waals surface area contributed by atoms with Crippen LogP contribution in [0.15, 0.2) is 28.7 Å². The molecule has 0 spiro atoms. The molecule has 0 aromatic heterocycles. The first-order valence-corrected chi connectivity index (χ1v) is 10.2. The number of likely N-dealkylation sites (tertiary alicyclic amines) is 1. The number of urea groups is 1. The minimum atomic E-state index is -0.0103. The van der Waals surface area contributed by atoms with Gasteiger partial charge < -0.3 is 20.4 Å². The van der Waals surface area contributed by atoms with Crippen molar-refractivity contribution in [1.29, 1.82) is 0 Å². The Hall–Kier alpha value is -1.27. The van der Waals surface area contributed by atoms with E-state index in [0.717, 1.165) is 56.6 Å². The summed E-state index contributed by atoms with van der Waals surface area (Å²) in [4.78, 5) is 17.0. The second-order valence-electron chi connectivity index (χ2n) is 7.17. The van der Waals surface area contributed by atoms with Crippen LogP contribution in [0.5, 0.6) is 0 Å². The van der Waals surface area contributed by atoms with Gasteiger partial charge in [-0.1, -0.05) is 28.9 Å². The maximum absolute atomic E-state index is 12.2. The fraction of sp³-hybridized carbons (Fsp3) is 0.632. The average Bonchev–Trinajstić information content (AvgIpc) is 3.09. The van der Waals surface area contributed by atoms with Crippen molar-refractivity contribution >= 4 is 27.6 Å². The predicted molar refractivity (Wildman–Crippen MR) is 106 cm³/mol. The topological polar surface area (TPSA) is 47.6 Å². The van der Waals surface area contributed by atoms with Gasteiger partial charge in [-0.2, -0.15) is 0 Å². The molecule has 3 rings (SSSR count). The highest BCUT2D eigenvalue weighted by atomic mass is 79.9. The standard InChI is InChI=1S/C19H29BrN4O/c1-2-23-9-4-6-17(14-23)22-19(25)21-12-15-8-10-24(13-15)18-7-3-5-16(20)11-18/h3,5,7,11,15,17H,2,4,6,8-10,12-14H2,1H3,(H2,21,22,25)/t15-,17-/m1/s1. The molecular weight excluding hydrogens is 380 g/mol. The third-order valence-electron chi connectivity index (χ3n) is 5.30. The van der Waals surface area contributed by atoms with Gasteiger partial charge in [0.15, 0.2) is 0 Å². The van der Waals surface area contributed by atoms with E-state index in [9.17, 15) is 4.79 Å². The van der Waals surface area contributed by atoms with Crippen molar-refractivity contribution in [3.8, 4) is 0 Å². The smallest absolute Gasteiger partial charge is 0.315 e. The number of hydrogen-bond donors (Lipinski definition) is 2. The monoisotopic (exact) mass is 408 g/mol. The van der Waals surface area contributed by atoms with E-state index in [1.165, 1.54) is 12.1 Å². The Kier molecular flexibility index (Phi) is 6.59. The maximum atomic E-state index is 12.2. The fourth-order valence-electron chi connectivity index (χ4n) is 3.84. The molecule has 1 aromatic rings. The van der Waals surface area contributed by atoms with Crippen molar-refractivity contribution in [2.24, 2.45) is 5.92 Å². The Morgan fingerprint density at radius 2 is 2.16 bits per heavy atom. The molecule has 6 heteroatoms. The first kappa shape index (κ1) is 18.5. The molecule has 0 aliphatic carbocycles. The van der Waals surface area contributed by atoms with E-state index < -0.39 is 0 Å². The van der Waals surface area contributed by atoms with Gasteiger partial charge in [0.1, 0.15) is 0 Å². The van der Waals surface area contributed by atoms with Gasteiger partial charge in [0, 0.05) is 42.4 Å².